The molecule has 0 radical (unpaired) electrons. The molecule has 0 spiro atoms. The van der Waals surface area contributed by atoms with Crippen LogP contribution in [-0.2, 0) is 0 Å². The van der Waals surface area contributed by atoms with Crippen molar-refractivity contribution in [2.45, 2.75) is 11.1 Å². The van der Waals surface area contributed by atoms with E-state index in [0.29, 0.717) is 16.4 Å². The van der Waals surface area contributed by atoms with Crippen molar-refractivity contribution in [1.29, 1.82) is 0 Å². The lowest BCUT2D eigenvalue weighted by Gasteiger charge is -2.05. The first-order valence-electron chi connectivity index (χ1n) is 4.57. The van der Waals surface area contributed by atoms with Gasteiger partial charge in [0.15, 0.2) is 5.65 Å². The number of H-pyrrole nitrogens is 1. The van der Waals surface area contributed by atoms with Crippen LogP contribution in [0, 0.1) is 0 Å². The van der Waals surface area contributed by atoms with E-state index in [1.54, 1.807) is 12.1 Å². The van der Waals surface area contributed by atoms with Crippen molar-refractivity contribution in [2.75, 3.05) is 12.4 Å². The van der Waals surface area contributed by atoms with Crippen LogP contribution in [0.25, 0.3) is 5.65 Å². The smallest absolute Gasteiger partial charge is 0.364 e. The molecule has 8 heteroatoms. The van der Waals surface area contributed by atoms with Crippen LogP contribution in [0.2, 0.25) is 0 Å². The van der Waals surface area contributed by atoms with Gasteiger partial charge in [0.1, 0.15) is 5.03 Å². The van der Waals surface area contributed by atoms with E-state index in [4.69, 9.17) is 10.2 Å². The molecule has 0 aromatic carbocycles. The van der Waals surface area contributed by atoms with Gasteiger partial charge in [-0.05, 0) is 12.1 Å². The van der Waals surface area contributed by atoms with Crippen molar-refractivity contribution < 1.29 is 10.2 Å². The molecule has 0 saturated carbocycles. The first kappa shape index (κ1) is 11.1. The van der Waals surface area contributed by atoms with Crippen LogP contribution in [0.5, 0.6) is 0 Å². The van der Waals surface area contributed by atoms with Gasteiger partial charge in [0.05, 0.1) is 12.7 Å². The predicted molar refractivity (Wildman–Crippen MR) is 57.4 cm³/mol. The Morgan fingerprint density at radius 2 is 2.38 bits per heavy atom. The van der Waals surface area contributed by atoms with Crippen LogP contribution >= 0.6 is 11.8 Å². The van der Waals surface area contributed by atoms with Crippen LogP contribution in [0.3, 0.4) is 0 Å². The molecule has 86 valence electrons. The minimum absolute atomic E-state index is 0.291. The highest BCUT2D eigenvalue weighted by Gasteiger charge is 2.06. The minimum Gasteiger partial charge on any atom is -0.394 e. The molecule has 0 aliphatic carbocycles. The van der Waals surface area contributed by atoms with Crippen molar-refractivity contribution >= 4 is 17.4 Å². The van der Waals surface area contributed by atoms with E-state index in [-0.39, 0.29) is 6.61 Å². The Morgan fingerprint density at radius 1 is 1.56 bits per heavy atom. The number of aliphatic hydroxyl groups excluding tert-OH is 2. The molecule has 0 aliphatic heterocycles. The van der Waals surface area contributed by atoms with E-state index in [0.717, 1.165) is 4.52 Å². The SMILES string of the molecule is O=c1[nH]nc2ccc(SCC(O)CO)nn12. The van der Waals surface area contributed by atoms with Crippen molar-refractivity contribution in [1.82, 2.24) is 19.8 Å². The maximum absolute atomic E-state index is 11.2. The zero-order valence-electron chi connectivity index (χ0n) is 8.20. The number of rotatable bonds is 4. The quantitative estimate of drug-likeness (QED) is 0.586. The summed E-state index contributed by atoms with van der Waals surface area (Å²) in [7, 11) is 0. The third-order valence-electron chi connectivity index (χ3n) is 1.88. The Morgan fingerprint density at radius 3 is 3.12 bits per heavy atom. The topological polar surface area (TPSA) is 104 Å². The fraction of sp³-hybridized carbons (Fsp3) is 0.375. The van der Waals surface area contributed by atoms with Crippen molar-refractivity contribution in [3.8, 4) is 0 Å². The summed E-state index contributed by atoms with van der Waals surface area (Å²) in [6.45, 7) is -0.291. The van der Waals surface area contributed by atoms with Gasteiger partial charge in [-0.15, -0.1) is 11.8 Å². The summed E-state index contributed by atoms with van der Waals surface area (Å²) in [5, 5.41) is 28.4. The van der Waals surface area contributed by atoms with Gasteiger partial charge < -0.3 is 10.2 Å². The molecule has 2 rings (SSSR count). The molecule has 7 nitrogen and oxygen atoms in total. The van der Waals surface area contributed by atoms with Crippen LogP contribution in [0.4, 0.5) is 0 Å². The summed E-state index contributed by atoms with van der Waals surface area (Å²) >= 11 is 1.26. The Hall–Kier alpha value is -1.38. The third-order valence-corrected chi connectivity index (χ3v) is 2.95. The van der Waals surface area contributed by atoms with Crippen molar-refractivity contribution in [3.63, 3.8) is 0 Å². The lowest BCUT2D eigenvalue weighted by atomic mass is 10.4. The molecule has 0 fully saturated rings. The fourth-order valence-corrected chi connectivity index (χ4v) is 1.87. The van der Waals surface area contributed by atoms with Gasteiger partial charge in [-0.1, -0.05) is 0 Å². The molecule has 0 saturated heterocycles. The van der Waals surface area contributed by atoms with Crippen LogP contribution in [-0.4, -0.2) is 48.5 Å². The van der Waals surface area contributed by atoms with E-state index in [1.165, 1.54) is 11.8 Å². The van der Waals surface area contributed by atoms with Crippen molar-refractivity contribution in [3.05, 3.63) is 22.6 Å². The molecule has 3 N–H and O–H groups in total. The number of nitrogens with zero attached hydrogens (tertiary/aromatic N) is 3. The van der Waals surface area contributed by atoms with E-state index >= 15 is 0 Å². The van der Waals surface area contributed by atoms with Gasteiger partial charge in [0, 0.05) is 5.75 Å². The number of aliphatic hydroxyl groups is 2. The van der Waals surface area contributed by atoms with Gasteiger partial charge in [0.2, 0.25) is 0 Å². The average Bonchev–Trinajstić information content (AvgIpc) is 2.68. The highest BCUT2D eigenvalue weighted by molar-refractivity contribution is 7.99. The second kappa shape index (κ2) is 4.64. The molecule has 1 unspecified atom stereocenters. The summed E-state index contributed by atoms with van der Waals surface area (Å²) in [6, 6.07) is 3.35. The van der Waals surface area contributed by atoms with E-state index in [9.17, 15) is 4.79 Å². The zero-order chi connectivity index (χ0) is 11.5. The normalized spacial score (nSPS) is 13.1. The number of thioether (sulfide) groups is 1. The number of aromatic amines is 1. The Bertz CT molecular complexity index is 537. The Kier molecular flexibility index (Phi) is 3.22. The summed E-state index contributed by atoms with van der Waals surface area (Å²) in [4.78, 5) is 11.2. The monoisotopic (exact) mass is 242 g/mol. The first-order chi connectivity index (χ1) is 7.70. The Labute approximate surface area is 94.1 Å². The first-order valence-corrected chi connectivity index (χ1v) is 5.55. The number of fused-ring (bicyclic) bond motifs is 1. The van der Waals surface area contributed by atoms with E-state index in [2.05, 4.69) is 15.3 Å². The molecule has 0 aliphatic rings. The third kappa shape index (κ3) is 2.23. The van der Waals surface area contributed by atoms with E-state index < -0.39 is 11.8 Å². The number of nitrogens with one attached hydrogen (secondary N) is 1. The molecule has 2 aromatic rings. The molecule has 1 atom stereocenters. The van der Waals surface area contributed by atoms with Crippen molar-refractivity contribution in [2.24, 2.45) is 0 Å². The lowest BCUT2D eigenvalue weighted by molar-refractivity contribution is 0.113. The molecule has 2 heterocycles. The fourth-order valence-electron chi connectivity index (χ4n) is 1.10. The largest absolute Gasteiger partial charge is 0.394 e. The molecular weight excluding hydrogens is 232 g/mol. The number of hydrogen-bond donors (Lipinski definition) is 3. The highest BCUT2D eigenvalue weighted by atomic mass is 32.2. The second-order valence-electron chi connectivity index (χ2n) is 3.12. The second-order valence-corrected chi connectivity index (χ2v) is 4.16. The average molecular weight is 242 g/mol. The molecule has 16 heavy (non-hydrogen) atoms. The van der Waals surface area contributed by atoms with Gasteiger partial charge in [-0.25, -0.2) is 9.89 Å². The summed E-state index contributed by atoms with van der Waals surface area (Å²) < 4.78 is 1.15. The van der Waals surface area contributed by atoms with Crippen LogP contribution in [0.1, 0.15) is 0 Å². The standard InChI is InChI=1S/C8H10N4O3S/c13-3-5(14)4-16-7-2-1-6-9-10-8(15)12(6)11-7/h1-2,5,13-14H,3-4H2,(H,10,15). The number of aromatic nitrogens is 4. The molecule has 2 aromatic heterocycles. The van der Waals surface area contributed by atoms with Gasteiger partial charge in [0.25, 0.3) is 0 Å². The predicted octanol–water partition coefficient (Wildman–Crippen LogP) is -1.14. The maximum atomic E-state index is 11.2. The van der Waals surface area contributed by atoms with Gasteiger partial charge in [-0.3, -0.25) is 0 Å². The molecule has 0 bridgehead atoms. The lowest BCUT2D eigenvalue weighted by Crippen LogP contribution is -2.16. The molecular formula is C8H10N4O3S. The van der Waals surface area contributed by atoms with Gasteiger partial charge >= 0.3 is 5.69 Å². The van der Waals surface area contributed by atoms with Gasteiger partial charge in [-0.2, -0.15) is 14.7 Å². The van der Waals surface area contributed by atoms with Crippen LogP contribution < -0.4 is 5.69 Å². The maximum Gasteiger partial charge on any atom is 0.364 e. The van der Waals surface area contributed by atoms with Crippen LogP contribution in [0.15, 0.2) is 22.0 Å². The zero-order valence-corrected chi connectivity index (χ0v) is 9.02. The highest BCUT2D eigenvalue weighted by Crippen LogP contribution is 2.15. The number of hydrogen-bond acceptors (Lipinski definition) is 6. The molecule has 0 amide bonds. The summed E-state index contributed by atoms with van der Waals surface area (Å²) in [6.07, 6.45) is -0.788. The van der Waals surface area contributed by atoms with E-state index in [1.807, 2.05) is 0 Å². The minimum atomic E-state index is -0.788. The summed E-state index contributed by atoms with van der Waals surface area (Å²) in [5.41, 5.74) is 0.0391. The summed E-state index contributed by atoms with van der Waals surface area (Å²) in [5.74, 6) is 0.321. The Balaban J connectivity index is 2.19.